The van der Waals surface area contributed by atoms with E-state index in [1.165, 1.54) is 0 Å². The van der Waals surface area contributed by atoms with Crippen LogP contribution in [-0.4, -0.2) is 44.0 Å². The van der Waals surface area contributed by atoms with Crippen molar-refractivity contribution in [2.75, 3.05) is 13.1 Å². The molecule has 3 heterocycles. The Kier molecular flexibility index (Phi) is 5.33. The lowest BCUT2D eigenvalue weighted by Crippen LogP contribution is -2.42. The number of aryl methyl sites for hydroxylation is 1. The second-order valence-corrected chi connectivity index (χ2v) is 7.96. The van der Waals surface area contributed by atoms with E-state index in [4.69, 9.17) is 5.73 Å². The molecule has 0 radical (unpaired) electrons. The second kappa shape index (κ2) is 7.88. The van der Waals surface area contributed by atoms with Crippen LogP contribution in [0, 0.1) is 6.92 Å². The average Bonchev–Trinajstić information content (AvgIpc) is 3.08. The molecule has 1 aliphatic heterocycles. The number of halogens is 1. The zero-order chi connectivity index (χ0) is 18.8. The van der Waals surface area contributed by atoms with Gasteiger partial charge in [-0.3, -0.25) is 9.88 Å². The number of hydrogen-bond acceptors (Lipinski definition) is 5. The topological polar surface area (TPSA) is 72.9 Å². The summed E-state index contributed by atoms with van der Waals surface area (Å²) in [6.07, 6.45) is 5.84. The molecule has 2 aromatic heterocycles. The Morgan fingerprint density at radius 2 is 2.04 bits per heavy atom. The van der Waals surface area contributed by atoms with Gasteiger partial charge in [-0.05, 0) is 62.2 Å². The van der Waals surface area contributed by atoms with E-state index in [9.17, 15) is 0 Å². The van der Waals surface area contributed by atoms with E-state index in [1.54, 1.807) is 12.4 Å². The number of nitrogens with zero attached hydrogens (tertiary/aromatic N) is 5. The van der Waals surface area contributed by atoms with Crippen molar-refractivity contribution in [2.45, 2.75) is 32.4 Å². The third-order valence-corrected chi connectivity index (χ3v) is 5.88. The van der Waals surface area contributed by atoms with Crippen molar-refractivity contribution < 1.29 is 0 Å². The Hall–Kier alpha value is -2.09. The minimum Gasteiger partial charge on any atom is -0.327 e. The van der Waals surface area contributed by atoms with Gasteiger partial charge in [-0.1, -0.05) is 21.1 Å². The van der Waals surface area contributed by atoms with Gasteiger partial charge in [0.25, 0.3) is 0 Å². The number of hydrogen-bond donors (Lipinski definition) is 1. The maximum atomic E-state index is 6.16. The third kappa shape index (κ3) is 3.95. The van der Waals surface area contributed by atoms with Crippen LogP contribution in [0.5, 0.6) is 0 Å². The molecule has 0 amide bonds. The Morgan fingerprint density at radius 1 is 1.22 bits per heavy atom. The maximum Gasteiger partial charge on any atom is 0.105 e. The first-order valence-corrected chi connectivity index (χ1v) is 10.0. The SMILES string of the molecule is Cc1cc(-n2nnc(CN3CCCC(N)C3)c2-c2ccncc2)ccc1Br. The highest BCUT2D eigenvalue weighted by molar-refractivity contribution is 9.10. The molecule has 27 heavy (non-hydrogen) atoms. The van der Waals surface area contributed by atoms with Crippen molar-refractivity contribution in [3.8, 4) is 16.9 Å². The molecular formula is C20H23BrN6. The number of nitrogens with two attached hydrogens (primary N) is 1. The van der Waals surface area contributed by atoms with Gasteiger partial charge in [-0.25, -0.2) is 4.68 Å². The van der Waals surface area contributed by atoms with Gasteiger partial charge in [0.2, 0.25) is 0 Å². The van der Waals surface area contributed by atoms with Crippen LogP contribution in [0.25, 0.3) is 16.9 Å². The first kappa shape index (κ1) is 18.3. The zero-order valence-electron chi connectivity index (χ0n) is 15.3. The largest absolute Gasteiger partial charge is 0.327 e. The van der Waals surface area contributed by atoms with E-state index in [2.05, 4.69) is 55.2 Å². The van der Waals surface area contributed by atoms with Crippen LogP contribution in [0.1, 0.15) is 24.1 Å². The fraction of sp³-hybridized carbons (Fsp3) is 0.350. The Balaban J connectivity index is 1.75. The molecule has 0 spiro atoms. The standard InChI is InChI=1S/C20H23BrN6/c1-14-11-17(4-5-18(14)21)27-20(15-6-8-23-9-7-15)19(24-25-27)13-26-10-2-3-16(22)12-26/h4-9,11,16H,2-3,10,12-13,22H2,1H3. The summed E-state index contributed by atoms with van der Waals surface area (Å²) in [6, 6.07) is 10.5. The molecule has 0 saturated carbocycles. The summed E-state index contributed by atoms with van der Waals surface area (Å²) in [5.74, 6) is 0. The van der Waals surface area contributed by atoms with Crippen LogP contribution in [-0.2, 0) is 6.54 Å². The van der Waals surface area contributed by atoms with Crippen LogP contribution in [0.15, 0.2) is 47.2 Å². The highest BCUT2D eigenvalue weighted by Gasteiger charge is 2.22. The number of piperidine rings is 1. The molecule has 4 rings (SSSR count). The van der Waals surface area contributed by atoms with Gasteiger partial charge in [-0.2, -0.15) is 0 Å². The molecule has 1 aromatic carbocycles. The van der Waals surface area contributed by atoms with Gasteiger partial charge in [0, 0.05) is 41.6 Å². The highest BCUT2D eigenvalue weighted by Crippen LogP contribution is 2.28. The summed E-state index contributed by atoms with van der Waals surface area (Å²) in [5, 5.41) is 9.03. The molecule has 1 fully saturated rings. The van der Waals surface area contributed by atoms with E-state index in [0.29, 0.717) is 0 Å². The number of aromatic nitrogens is 4. The Bertz CT molecular complexity index is 923. The highest BCUT2D eigenvalue weighted by atomic mass is 79.9. The number of pyridine rings is 1. The number of likely N-dealkylation sites (tertiary alicyclic amines) is 1. The van der Waals surface area contributed by atoms with Gasteiger partial charge in [-0.15, -0.1) is 5.10 Å². The molecule has 140 valence electrons. The number of rotatable bonds is 4. The minimum atomic E-state index is 0.243. The van der Waals surface area contributed by atoms with Crippen molar-refractivity contribution in [1.29, 1.82) is 0 Å². The summed E-state index contributed by atoms with van der Waals surface area (Å²) in [5.41, 5.74) is 11.4. The van der Waals surface area contributed by atoms with Gasteiger partial charge < -0.3 is 5.73 Å². The van der Waals surface area contributed by atoms with Crippen molar-refractivity contribution in [1.82, 2.24) is 24.9 Å². The zero-order valence-corrected chi connectivity index (χ0v) is 16.9. The lowest BCUT2D eigenvalue weighted by Gasteiger charge is -2.30. The van der Waals surface area contributed by atoms with Crippen LogP contribution >= 0.6 is 15.9 Å². The lowest BCUT2D eigenvalue weighted by molar-refractivity contribution is 0.199. The molecule has 7 heteroatoms. The molecule has 0 bridgehead atoms. The molecule has 1 unspecified atom stereocenters. The van der Waals surface area contributed by atoms with E-state index < -0.39 is 0 Å². The molecule has 2 N–H and O–H groups in total. The van der Waals surface area contributed by atoms with Crippen LogP contribution in [0.3, 0.4) is 0 Å². The third-order valence-electron chi connectivity index (χ3n) is 5.00. The predicted molar refractivity (Wildman–Crippen MR) is 110 cm³/mol. The summed E-state index contributed by atoms with van der Waals surface area (Å²) >= 11 is 3.57. The molecule has 1 aliphatic rings. The fourth-order valence-corrected chi connectivity index (χ4v) is 3.85. The van der Waals surface area contributed by atoms with Gasteiger partial charge in [0.1, 0.15) is 5.69 Å². The van der Waals surface area contributed by atoms with Gasteiger partial charge >= 0.3 is 0 Å². The summed E-state index contributed by atoms with van der Waals surface area (Å²) < 4.78 is 3.01. The Labute approximate surface area is 167 Å². The van der Waals surface area contributed by atoms with Crippen molar-refractivity contribution in [3.05, 3.63) is 58.5 Å². The first-order chi connectivity index (χ1) is 13.1. The smallest absolute Gasteiger partial charge is 0.105 e. The number of benzene rings is 1. The van der Waals surface area contributed by atoms with E-state index in [0.717, 1.165) is 65.2 Å². The molecule has 6 nitrogen and oxygen atoms in total. The summed E-state index contributed by atoms with van der Waals surface area (Å²) in [7, 11) is 0. The van der Waals surface area contributed by atoms with Gasteiger partial charge in [0.05, 0.1) is 11.4 Å². The lowest BCUT2D eigenvalue weighted by atomic mass is 10.1. The fourth-order valence-electron chi connectivity index (χ4n) is 3.61. The molecular weight excluding hydrogens is 404 g/mol. The minimum absolute atomic E-state index is 0.243. The van der Waals surface area contributed by atoms with Crippen LogP contribution < -0.4 is 5.73 Å². The average molecular weight is 427 g/mol. The van der Waals surface area contributed by atoms with Crippen molar-refractivity contribution >= 4 is 15.9 Å². The molecule has 0 aliphatic carbocycles. The van der Waals surface area contributed by atoms with Crippen LogP contribution in [0.2, 0.25) is 0 Å². The van der Waals surface area contributed by atoms with Crippen molar-refractivity contribution in [2.24, 2.45) is 5.73 Å². The first-order valence-electron chi connectivity index (χ1n) is 9.21. The van der Waals surface area contributed by atoms with Gasteiger partial charge in [0.15, 0.2) is 0 Å². The molecule has 1 saturated heterocycles. The maximum absolute atomic E-state index is 6.16. The molecule has 3 aromatic rings. The molecule has 1 atom stereocenters. The monoisotopic (exact) mass is 426 g/mol. The summed E-state index contributed by atoms with van der Waals surface area (Å²) in [4.78, 5) is 6.53. The quantitative estimate of drug-likeness (QED) is 0.692. The second-order valence-electron chi connectivity index (χ2n) is 7.10. The Morgan fingerprint density at radius 3 is 2.78 bits per heavy atom. The van der Waals surface area contributed by atoms with Crippen molar-refractivity contribution in [3.63, 3.8) is 0 Å². The van der Waals surface area contributed by atoms with Crippen LogP contribution in [0.4, 0.5) is 0 Å². The van der Waals surface area contributed by atoms with E-state index >= 15 is 0 Å². The van der Waals surface area contributed by atoms with E-state index in [1.807, 2.05) is 22.9 Å². The summed E-state index contributed by atoms with van der Waals surface area (Å²) in [6.45, 7) is 4.78. The normalized spacial score (nSPS) is 18.0. The van der Waals surface area contributed by atoms with E-state index in [-0.39, 0.29) is 6.04 Å². The predicted octanol–water partition coefficient (Wildman–Crippen LogP) is 3.32.